The molecule has 0 aromatic heterocycles. The van der Waals surface area contributed by atoms with Crippen LogP contribution in [0.4, 0.5) is 0 Å². The van der Waals surface area contributed by atoms with Gasteiger partial charge in [0.1, 0.15) is 0 Å². The zero-order chi connectivity index (χ0) is 26.4. The van der Waals surface area contributed by atoms with E-state index in [1.807, 2.05) is 47.0 Å². The molecule has 0 bridgehead atoms. The second-order valence-corrected chi connectivity index (χ2v) is 17.4. The van der Waals surface area contributed by atoms with Crippen molar-refractivity contribution in [3.8, 4) is 0 Å². The molecule has 0 radical (unpaired) electrons. The van der Waals surface area contributed by atoms with Crippen LogP contribution in [-0.4, -0.2) is 98.7 Å². The Morgan fingerprint density at radius 3 is 0.972 bits per heavy atom. The second-order valence-electron chi connectivity index (χ2n) is 9.19. The van der Waals surface area contributed by atoms with Crippen LogP contribution < -0.4 is 28.7 Å². The zero-order valence-electron chi connectivity index (χ0n) is 22.5. The summed E-state index contributed by atoms with van der Waals surface area (Å²) in [5, 5.41) is 5.37. The highest BCUT2D eigenvalue weighted by molar-refractivity contribution is 8.04. The third-order valence-electron chi connectivity index (χ3n) is 6.18. The van der Waals surface area contributed by atoms with E-state index >= 15 is 0 Å². The minimum absolute atomic E-state index is 0.815. The Morgan fingerprint density at radius 1 is 0.444 bits per heavy atom. The van der Waals surface area contributed by atoms with Crippen LogP contribution in [0.25, 0.3) is 0 Å². The summed E-state index contributed by atoms with van der Waals surface area (Å²) in [6.07, 6.45) is 9.70. The molecule has 0 spiro atoms. The fraction of sp³-hybridized carbons (Fsp3) is 1.00. The van der Waals surface area contributed by atoms with E-state index in [0.717, 1.165) is 93.0 Å². The van der Waals surface area contributed by atoms with Gasteiger partial charge in [-0.05, 0) is 50.7 Å². The van der Waals surface area contributed by atoms with E-state index in [1.54, 1.807) is 0 Å². The number of rotatable bonds is 18. The molecule has 11 heteroatoms. The van der Waals surface area contributed by atoms with Crippen LogP contribution in [0.2, 0.25) is 0 Å². The second kappa shape index (κ2) is 24.7. The lowest BCUT2D eigenvalue weighted by molar-refractivity contribution is 0.540. The molecular weight excluding hydrogens is 563 g/mol. The summed E-state index contributed by atoms with van der Waals surface area (Å²) >= 11 is 12.4. The van der Waals surface area contributed by atoms with Crippen LogP contribution >= 0.6 is 70.6 Å². The topological polar surface area (TPSA) is 130 Å². The maximum Gasteiger partial charge on any atom is 0.0167 e. The third-order valence-corrected chi connectivity index (χ3v) is 15.2. The molecule has 10 N–H and O–H groups in total. The van der Waals surface area contributed by atoms with Crippen molar-refractivity contribution in [3.05, 3.63) is 0 Å². The molecule has 3 fully saturated rings. The number of hydrogen-bond donors (Lipinski definition) is 5. The van der Waals surface area contributed by atoms with Crippen LogP contribution in [0.1, 0.15) is 51.9 Å². The van der Waals surface area contributed by atoms with Gasteiger partial charge in [-0.15, -0.1) is 0 Å². The average Bonchev–Trinajstić information content (AvgIpc) is 2.83. The molecule has 3 aliphatic carbocycles. The van der Waals surface area contributed by atoms with E-state index < -0.39 is 0 Å². The smallest absolute Gasteiger partial charge is 0.0167 e. The van der Waals surface area contributed by atoms with E-state index in [2.05, 4.69) is 30.4 Å². The summed E-state index contributed by atoms with van der Waals surface area (Å²) < 4.78 is 0. The van der Waals surface area contributed by atoms with Gasteiger partial charge in [0.2, 0.25) is 0 Å². The van der Waals surface area contributed by atoms with Crippen molar-refractivity contribution >= 4 is 70.6 Å². The van der Waals surface area contributed by atoms with Crippen molar-refractivity contribution in [2.45, 2.75) is 83.4 Å². The molecule has 4 atom stereocenters. The van der Waals surface area contributed by atoms with Crippen LogP contribution in [-0.2, 0) is 0 Å². The van der Waals surface area contributed by atoms with Crippen LogP contribution in [0.5, 0.6) is 0 Å². The Hall–Kier alpha value is 1.90. The zero-order valence-corrected chi connectivity index (χ0v) is 27.4. The highest BCUT2D eigenvalue weighted by atomic mass is 32.2. The minimum Gasteiger partial charge on any atom is -0.330 e. The molecule has 36 heavy (non-hydrogen) atoms. The van der Waals surface area contributed by atoms with Crippen molar-refractivity contribution in [2.24, 2.45) is 28.7 Å². The van der Waals surface area contributed by atoms with Crippen LogP contribution in [0, 0.1) is 0 Å². The number of hydrogen-bond acceptors (Lipinski definition) is 11. The minimum atomic E-state index is 0.815. The summed E-state index contributed by atoms with van der Waals surface area (Å²) in [4.78, 5) is 0. The Balaban J connectivity index is 0.000000270. The van der Waals surface area contributed by atoms with Gasteiger partial charge in [0.05, 0.1) is 0 Å². The molecule has 0 aliphatic heterocycles. The van der Waals surface area contributed by atoms with E-state index in [1.165, 1.54) is 50.7 Å². The van der Waals surface area contributed by atoms with Gasteiger partial charge in [0.15, 0.2) is 0 Å². The molecule has 0 saturated heterocycles. The van der Waals surface area contributed by atoms with E-state index in [-0.39, 0.29) is 0 Å². The summed E-state index contributed by atoms with van der Waals surface area (Å²) in [6, 6.07) is 0. The summed E-state index contributed by atoms with van der Waals surface area (Å²) in [5.41, 5.74) is 27.3. The molecular formula is C25H55N5S6. The van der Waals surface area contributed by atoms with Crippen molar-refractivity contribution < 1.29 is 0 Å². The highest BCUT2D eigenvalue weighted by Gasteiger charge is 2.31. The summed E-state index contributed by atoms with van der Waals surface area (Å²) in [7, 11) is 0. The van der Waals surface area contributed by atoms with Gasteiger partial charge in [-0.1, -0.05) is 6.92 Å². The first-order valence-electron chi connectivity index (χ1n) is 13.8. The van der Waals surface area contributed by atoms with Gasteiger partial charge >= 0.3 is 0 Å². The summed E-state index contributed by atoms with van der Waals surface area (Å²) in [6.45, 7) is 6.36. The predicted molar refractivity (Wildman–Crippen MR) is 181 cm³/mol. The molecule has 0 aromatic carbocycles. The molecule has 0 amide bonds. The molecule has 216 valence electrons. The Morgan fingerprint density at radius 2 is 0.722 bits per heavy atom. The molecule has 3 rings (SSSR count). The maximum absolute atomic E-state index is 5.45. The van der Waals surface area contributed by atoms with Crippen molar-refractivity contribution in [3.63, 3.8) is 0 Å². The highest BCUT2D eigenvalue weighted by Crippen LogP contribution is 2.41. The van der Waals surface area contributed by atoms with Gasteiger partial charge in [-0.25, -0.2) is 0 Å². The van der Waals surface area contributed by atoms with Crippen molar-refractivity contribution in [1.82, 2.24) is 0 Å². The van der Waals surface area contributed by atoms with Crippen molar-refractivity contribution in [2.75, 3.05) is 67.2 Å². The van der Waals surface area contributed by atoms with E-state index in [0.29, 0.717) is 0 Å². The SMILES string of the molecule is CCCSC1CC(SCCN)C1.NCCSC1CCC1SCCN.NCCSC1CCC1SCCN. The normalized spacial score (nSPS) is 28.5. The van der Waals surface area contributed by atoms with Gasteiger partial charge in [-0.3, -0.25) is 0 Å². The lowest BCUT2D eigenvalue weighted by atomic mass is 9.99. The first kappa shape index (κ1) is 35.9. The van der Waals surface area contributed by atoms with Gasteiger partial charge < -0.3 is 28.7 Å². The maximum atomic E-state index is 5.45. The standard InChI is InChI=1S/C9H19NS2.2C8H18N2S2/c1-2-4-11-8-6-9(7-8)12-5-3-10;2*9-3-5-11-7-1-2-8(7)12-6-4-10/h8-9H,2-7,10H2,1H3;2*7-8H,1-6,9-10H2. The molecule has 3 saturated carbocycles. The Labute approximate surface area is 248 Å². The fourth-order valence-corrected chi connectivity index (χ4v) is 11.9. The summed E-state index contributed by atoms with van der Waals surface area (Å²) in [5.74, 6) is 6.96. The van der Waals surface area contributed by atoms with E-state index in [9.17, 15) is 0 Å². The molecule has 0 heterocycles. The fourth-order valence-electron chi connectivity index (χ4n) is 3.83. The van der Waals surface area contributed by atoms with Gasteiger partial charge in [0, 0.05) is 93.0 Å². The molecule has 3 aliphatic rings. The first-order valence-corrected chi connectivity index (χ1v) is 20.1. The predicted octanol–water partition coefficient (Wildman–Crippen LogP) is 4.15. The molecule has 4 unspecified atom stereocenters. The van der Waals surface area contributed by atoms with Gasteiger partial charge in [0.25, 0.3) is 0 Å². The molecule has 5 nitrogen and oxygen atoms in total. The molecule has 0 aromatic rings. The number of nitrogens with two attached hydrogens (primary N) is 5. The van der Waals surface area contributed by atoms with E-state index in [4.69, 9.17) is 28.7 Å². The lowest BCUT2D eigenvalue weighted by Crippen LogP contribution is -2.33. The lowest BCUT2D eigenvalue weighted by Gasteiger charge is -2.35. The Kier molecular flexibility index (Phi) is 24.6. The van der Waals surface area contributed by atoms with Crippen molar-refractivity contribution in [1.29, 1.82) is 0 Å². The third kappa shape index (κ3) is 16.2. The van der Waals surface area contributed by atoms with Crippen LogP contribution in [0.3, 0.4) is 0 Å². The quantitative estimate of drug-likeness (QED) is 0.152. The largest absolute Gasteiger partial charge is 0.330 e. The average molecular weight is 618 g/mol. The monoisotopic (exact) mass is 617 g/mol. The number of thioether (sulfide) groups is 6. The first-order chi connectivity index (χ1) is 17.6. The van der Waals surface area contributed by atoms with Gasteiger partial charge in [-0.2, -0.15) is 70.6 Å². The van der Waals surface area contributed by atoms with Crippen LogP contribution in [0.15, 0.2) is 0 Å². The Bertz CT molecular complexity index is 422.